The Kier molecular flexibility index (Phi) is 5.36. The molecule has 0 atom stereocenters. The molecule has 0 fully saturated rings. The van der Waals surface area contributed by atoms with Crippen LogP contribution in [0.15, 0.2) is 140 Å². The Bertz CT molecular complexity index is 2420. The first-order chi connectivity index (χ1) is 21.8. The maximum atomic E-state index is 5.24. The molecule has 0 aliphatic rings. The summed E-state index contributed by atoms with van der Waals surface area (Å²) in [6, 6.07) is 43.8. The van der Waals surface area contributed by atoms with Crippen LogP contribution in [-0.2, 0) is 0 Å². The van der Waals surface area contributed by atoms with Crippen molar-refractivity contribution in [1.29, 1.82) is 0 Å². The molecule has 0 amide bonds. The molecule has 0 bridgehead atoms. The molecule has 0 aliphatic carbocycles. The van der Waals surface area contributed by atoms with Gasteiger partial charge in [-0.15, -0.1) is 0 Å². The van der Waals surface area contributed by atoms with Gasteiger partial charge in [-0.2, -0.15) is 0 Å². The van der Waals surface area contributed by atoms with Crippen LogP contribution in [0.3, 0.4) is 0 Å². The van der Waals surface area contributed by atoms with Crippen LogP contribution in [0.2, 0.25) is 0 Å². The molecule has 206 valence electrons. The molecule has 4 heterocycles. The lowest BCUT2D eigenvalue weighted by Gasteiger charge is -2.13. The van der Waals surface area contributed by atoms with Gasteiger partial charge in [-0.05, 0) is 18.2 Å². The molecule has 9 aromatic rings. The van der Waals surface area contributed by atoms with Gasteiger partial charge in [0.2, 0.25) is 11.9 Å². The monoisotopic (exact) mass is 565 g/mol. The topological polar surface area (TPSA) is 74.3 Å². The second-order valence-corrected chi connectivity index (χ2v) is 10.7. The van der Waals surface area contributed by atoms with Gasteiger partial charge in [0.05, 0.1) is 33.5 Å². The van der Waals surface area contributed by atoms with E-state index in [4.69, 9.17) is 9.97 Å². The van der Waals surface area contributed by atoms with E-state index < -0.39 is 0 Å². The average molecular weight is 566 g/mol. The van der Waals surface area contributed by atoms with E-state index in [1.807, 2.05) is 42.5 Å². The highest BCUT2D eigenvalue weighted by atomic mass is 15.2. The first-order valence-corrected chi connectivity index (χ1v) is 14.4. The summed E-state index contributed by atoms with van der Waals surface area (Å²) in [5.74, 6) is 1.15. The maximum absolute atomic E-state index is 5.24. The summed E-state index contributed by atoms with van der Waals surface area (Å²) in [6.07, 6.45) is 3.08. The third-order valence-corrected chi connectivity index (χ3v) is 8.20. The minimum absolute atomic E-state index is 0.555. The second kappa shape index (κ2) is 9.68. The zero-order valence-corrected chi connectivity index (χ0v) is 23.4. The van der Waals surface area contributed by atoms with Crippen molar-refractivity contribution in [2.24, 2.45) is 0 Å². The van der Waals surface area contributed by atoms with Crippen LogP contribution >= 0.6 is 0 Å². The van der Waals surface area contributed by atoms with E-state index in [0.717, 1.165) is 66.1 Å². The molecule has 9 rings (SSSR count). The molecule has 44 heavy (non-hydrogen) atoms. The van der Waals surface area contributed by atoms with Crippen molar-refractivity contribution < 1.29 is 0 Å². The SMILES string of the molecule is c1ccc(-c2cc(-c3ccccc3)nc(-n3c4ccccc4c4ccc5c6ccccc6n(-c6ncncn6)c5c43)n2)cc1. The first kappa shape index (κ1) is 24.4. The van der Waals surface area contributed by atoms with Gasteiger partial charge in [0, 0.05) is 32.7 Å². The molecule has 7 nitrogen and oxygen atoms in total. The predicted octanol–water partition coefficient (Wildman–Crippen LogP) is 8.19. The molecule has 4 aromatic heterocycles. The van der Waals surface area contributed by atoms with Gasteiger partial charge in [0.15, 0.2) is 0 Å². The summed E-state index contributed by atoms with van der Waals surface area (Å²) in [4.78, 5) is 23.8. The lowest BCUT2D eigenvalue weighted by molar-refractivity contribution is 0.937. The molecule has 0 spiro atoms. The molecule has 0 unspecified atom stereocenters. The van der Waals surface area contributed by atoms with E-state index in [1.54, 1.807) is 0 Å². The van der Waals surface area contributed by atoms with Crippen molar-refractivity contribution in [1.82, 2.24) is 34.1 Å². The number of nitrogens with zero attached hydrogens (tertiary/aromatic N) is 7. The van der Waals surface area contributed by atoms with Crippen LogP contribution in [0.25, 0.3) is 78.0 Å². The fourth-order valence-corrected chi connectivity index (χ4v) is 6.31. The molecule has 0 radical (unpaired) electrons. The van der Waals surface area contributed by atoms with Crippen LogP contribution in [-0.4, -0.2) is 34.1 Å². The Morgan fingerprint density at radius 2 is 0.864 bits per heavy atom. The average Bonchev–Trinajstić information content (AvgIpc) is 3.62. The van der Waals surface area contributed by atoms with E-state index in [-0.39, 0.29) is 0 Å². The van der Waals surface area contributed by atoms with Crippen molar-refractivity contribution in [3.8, 4) is 34.4 Å². The Balaban J connectivity index is 1.48. The first-order valence-electron chi connectivity index (χ1n) is 14.4. The largest absolute Gasteiger partial charge is 0.276 e. The molecule has 0 N–H and O–H groups in total. The Morgan fingerprint density at radius 3 is 1.39 bits per heavy atom. The molecule has 0 saturated heterocycles. The predicted molar refractivity (Wildman–Crippen MR) is 175 cm³/mol. The van der Waals surface area contributed by atoms with Gasteiger partial charge in [0.25, 0.3) is 0 Å². The van der Waals surface area contributed by atoms with Crippen molar-refractivity contribution >= 4 is 43.6 Å². The number of benzene rings is 5. The lowest BCUT2D eigenvalue weighted by atomic mass is 10.1. The van der Waals surface area contributed by atoms with Crippen LogP contribution in [0.4, 0.5) is 0 Å². The van der Waals surface area contributed by atoms with Gasteiger partial charge < -0.3 is 0 Å². The van der Waals surface area contributed by atoms with Crippen molar-refractivity contribution in [3.63, 3.8) is 0 Å². The summed E-state index contributed by atoms with van der Waals surface area (Å²) < 4.78 is 4.33. The van der Waals surface area contributed by atoms with E-state index in [1.165, 1.54) is 12.7 Å². The summed E-state index contributed by atoms with van der Waals surface area (Å²) in [5.41, 5.74) is 7.77. The fourth-order valence-electron chi connectivity index (χ4n) is 6.31. The quantitative estimate of drug-likeness (QED) is 0.215. The number of rotatable bonds is 4. The number of hydrogen-bond donors (Lipinski definition) is 0. The molecule has 7 heteroatoms. The summed E-state index contributed by atoms with van der Waals surface area (Å²) >= 11 is 0. The van der Waals surface area contributed by atoms with Gasteiger partial charge in [-0.3, -0.25) is 9.13 Å². The summed E-state index contributed by atoms with van der Waals surface area (Å²) in [7, 11) is 0. The zero-order chi connectivity index (χ0) is 29.0. The van der Waals surface area contributed by atoms with Crippen LogP contribution in [0, 0.1) is 0 Å². The standard InChI is InChI=1S/C37H23N7/c1-3-11-24(12-4-1)30-21-31(25-13-5-2-6-14-25)42-37(41-30)44-33-18-10-8-16-27(33)29-20-19-28-26-15-7-9-17-32(26)43(34(28)35(29)44)36-39-22-38-23-40-36/h1-23H. The molecular formula is C37H23N7. The normalized spacial score (nSPS) is 11.6. The highest BCUT2D eigenvalue weighted by molar-refractivity contribution is 6.23. The van der Waals surface area contributed by atoms with Crippen molar-refractivity contribution in [2.45, 2.75) is 0 Å². The summed E-state index contributed by atoms with van der Waals surface area (Å²) in [5, 5.41) is 4.43. The molecule has 0 saturated carbocycles. The molecule has 5 aromatic carbocycles. The van der Waals surface area contributed by atoms with Crippen LogP contribution in [0.1, 0.15) is 0 Å². The third kappa shape index (κ3) is 3.66. The Labute approximate surface area is 251 Å². The van der Waals surface area contributed by atoms with Crippen LogP contribution < -0.4 is 0 Å². The van der Waals surface area contributed by atoms with Gasteiger partial charge in [-0.1, -0.05) is 109 Å². The molecule has 0 aliphatic heterocycles. The number of hydrogen-bond acceptors (Lipinski definition) is 5. The minimum Gasteiger partial charge on any atom is -0.276 e. The van der Waals surface area contributed by atoms with E-state index in [0.29, 0.717) is 11.9 Å². The Morgan fingerprint density at radius 1 is 0.409 bits per heavy atom. The zero-order valence-electron chi connectivity index (χ0n) is 23.4. The highest BCUT2D eigenvalue weighted by Gasteiger charge is 2.23. The number of para-hydroxylation sites is 2. The maximum Gasteiger partial charge on any atom is 0.237 e. The van der Waals surface area contributed by atoms with E-state index >= 15 is 0 Å². The smallest absolute Gasteiger partial charge is 0.237 e. The summed E-state index contributed by atoms with van der Waals surface area (Å²) in [6.45, 7) is 0. The second-order valence-electron chi connectivity index (χ2n) is 10.7. The third-order valence-electron chi connectivity index (χ3n) is 8.20. The Hall–Kier alpha value is -6.21. The molecular weight excluding hydrogens is 542 g/mol. The number of aromatic nitrogens is 7. The van der Waals surface area contributed by atoms with Crippen molar-refractivity contribution in [3.05, 3.63) is 140 Å². The van der Waals surface area contributed by atoms with E-state index in [9.17, 15) is 0 Å². The minimum atomic E-state index is 0.555. The van der Waals surface area contributed by atoms with Crippen molar-refractivity contribution in [2.75, 3.05) is 0 Å². The number of fused-ring (bicyclic) bond motifs is 7. The van der Waals surface area contributed by atoms with Crippen LogP contribution in [0.5, 0.6) is 0 Å². The lowest BCUT2D eigenvalue weighted by Crippen LogP contribution is -2.06. The van der Waals surface area contributed by atoms with Gasteiger partial charge in [0.1, 0.15) is 12.7 Å². The van der Waals surface area contributed by atoms with Gasteiger partial charge >= 0.3 is 0 Å². The van der Waals surface area contributed by atoms with Gasteiger partial charge in [-0.25, -0.2) is 24.9 Å². The van der Waals surface area contributed by atoms with E-state index in [2.05, 4.69) is 109 Å². The highest BCUT2D eigenvalue weighted by Crippen LogP contribution is 2.41. The fraction of sp³-hybridized carbons (Fsp3) is 0.